The molecule has 2 rings (SSSR count). The lowest BCUT2D eigenvalue weighted by molar-refractivity contribution is -0.137. The Morgan fingerprint density at radius 1 is 1.33 bits per heavy atom. The molecule has 0 aliphatic rings. The van der Waals surface area contributed by atoms with Gasteiger partial charge in [-0.2, -0.15) is 13.2 Å². The average molecular weight is 299 g/mol. The van der Waals surface area contributed by atoms with E-state index in [9.17, 15) is 18.0 Å². The van der Waals surface area contributed by atoms with Crippen molar-refractivity contribution in [2.75, 3.05) is 0 Å². The van der Waals surface area contributed by atoms with Gasteiger partial charge in [-0.25, -0.2) is 9.48 Å². The van der Waals surface area contributed by atoms with Gasteiger partial charge in [0.1, 0.15) is 0 Å². The van der Waals surface area contributed by atoms with E-state index in [1.807, 2.05) is 0 Å². The van der Waals surface area contributed by atoms with Crippen LogP contribution < -0.4 is 0 Å². The van der Waals surface area contributed by atoms with Crippen molar-refractivity contribution in [3.05, 3.63) is 41.2 Å². The van der Waals surface area contributed by atoms with Crippen LogP contribution >= 0.6 is 0 Å². The quantitative estimate of drug-likeness (QED) is 0.942. The fraction of sp³-hybridized carbons (Fsp3) is 0.308. The highest BCUT2D eigenvalue weighted by Gasteiger charge is 2.35. The van der Waals surface area contributed by atoms with Crippen molar-refractivity contribution in [3.8, 4) is 5.69 Å². The van der Waals surface area contributed by atoms with Crippen molar-refractivity contribution in [2.24, 2.45) is 0 Å². The molecular weight excluding hydrogens is 287 g/mol. The van der Waals surface area contributed by atoms with Gasteiger partial charge in [0.25, 0.3) is 0 Å². The van der Waals surface area contributed by atoms with Gasteiger partial charge in [-0.3, -0.25) is 0 Å². The number of benzene rings is 1. The molecule has 0 atom stereocenters. The smallest absolute Gasteiger partial charge is 0.418 e. The number of para-hydroxylation sites is 1. The number of nitrogens with zero attached hydrogens (tertiary/aromatic N) is 3. The summed E-state index contributed by atoms with van der Waals surface area (Å²) in [6.07, 6.45) is -3.74. The number of hydrogen-bond donors (Lipinski definition) is 1. The van der Waals surface area contributed by atoms with Crippen molar-refractivity contribution in [3.63, 3.8) is 0 Å². The van der Waals surface area contributed by atoms with E-state index in [-0.39, 0.29) is 23.5 Å². The summed E-state index contributed by atoms with van der Waals surface area (Å²) in [5.74, 6) is -1.31. The Morgan fingerprint density at radius 2 is 2.00 bits per heavy atom. The highest BCUT2D eigenvalue weighted by atomic mass is 19.4. The minimum absolute atomic E-state index is 0.154. The van der Waals surface area contributed by atoms with Crippen molar-refractivity contribution in [1.82, 2.24) is 15.0 Å². The van der Waals surface area contributed by atoms with E-state index < -0.39 is 17.7 Å². The van der Waals surface area contributed by atoms with E-state index in [1.165, 1.54) is 18.2 Å². The standard InChI is InChI=1S/C13H12F3N3O2/c1-2-5-10-11(12(20)21)17-18-19(10)9-7-4-3-6-8(9)13(14,15)16/h3-4,6-7H,2,5H2,1H3,(H,20,21). The molecule has 112 valence electrons. The first-order valence-electron chi connectivity index (χ1n) is 6.20. The fourth-order valence-corrected chi connectivity index (χ4v) is 2.02. The lowest BCUT2D eigenvalue weighted by Crippen LogP contribution is -2.14. The molecule has 0 saturated heterocycles. The molecule has 1 aromatic heterocycles. The van der Waals surface area contributed by atoms with Crippen LogP contribution in [0.4, 0.5) is 13.2 Å². The molecule has 0 fully saturated rings. The lowest BCUT2D eigenvalue weighted by Gasteiger charge is -2.13. The molecule has 1 heterocycles. The number of aromatic nitrogens is 3. The SMILES string of the molecule is CCCc1c(C(=O)O)nnn1-c1ccccc1C(F)(F)F. The first-order valence-corrected chi connectivity index (χ1v) is 6.20. The molecule has 2 aromatic rings. The van der Waals surface area contributed by atoms with Crippen LogP contribution in [0.5, 0.6) is 0 Å². The van der Waals surface area contributed by atoms with Crippen LogP contribution in [0.15, 0.2) is 24.3 Å². The van der Waals surface area contributed by atoms with E-state index in [1.54, 1.807) is 6.92 Å². The van der Waals surface area contributed by atoms with Crippen LogP contribution in [-0.2, 0) is 12.6 Å². The molecule has 0 amide bonds. The number of alkyl halides is 3. The number of halogens is 3. The number of carboxylic acids is 1. The van der Waals surface area contributed by atoms with Crippen molar-refractivity contribution >= 4 is 5.97 Å². The number of carboxylic acid groups (broad SMARTS) is 1. The van der Waals surface area contributed by atoms with Gasteiger partial charge < -0.3 is 5.11 Å². The molecule has 0 saturated carbocycles. The molecule has 0 aliphatic heterocycles. The maximum absolute atomic E-state index is 13.0. The van der Waals surface area contributed by atoms with Crippen LogP contribution in [0.2, 0.25) is 0 Å². The van der Waals surface area contributed by atoms with Crippen LogP contribution in [0.1, 0.15) is 35.1 Å². The summed E-state index contributed by atoms with van der Waals surface area (Å²) < 4.78 is 40.1. The Bertz CT molecular complexity index is 665. The second kappa shape index (κ2) is 5.55. The fourth-order valence-electron chi connectivity index (χ4n) is 2.02. The predicted molar refractivity (Wildman–Crippen MR) is 67.3 cm³/mol. The minimum Gasteiger partial charge on any atom is -0.476 e. The summed E-state index contributed by atoms with van der Waals surface area (Å²) in [6.45, 7) is 1.79. The Hall–Kier alpha value is -2.38. The molecular formula is C13H12F3N3O2. The summed E-state index contributed by atoms with van der Waals surface area (Å²) >= 11 is 0. The predicted octanol–water partition coefficient (Wildman–Crippen LogP) is 2.94. The molecule has 0 unspecified atom stereocenters. The lowest BCUT2D eigenvalue weighted by atomic mass is 10.1. The summed E-state index contributed by atoms with van der Waals surface area (Å²) in [6, 6.07) is 4.86. The van der Waals surface area contributed by atoms with Gasteiger partial charge in [0.15, 0.2) is 5.69 Å². The number of aromatic carboxylic acids is 1. The van der Waals surface area contributed by atoms with Gasteiger partial charge in [0.2, 0.25) is 0 Å². The second-order valence-corrected chi connectivity index (χ2v) is 4.37. The first-order chi connectivity index (χ1) is 9.86. The average Bonchev–Trinajstić information content (AvgIpc) is 2.82. The molecule has 1 aromatic carbocycles. The highest BCUT2D eigenvalue weighted by molar-refractivity contribution is 5.86. The van der Waals surface area contributed by atoms with Crippen LogP contribution in [0.3, 0.4) is 0 Å². The summed E-state index contributed by atoms with van der Waals surface area (Å²) in [5.41, 5.74) is -1.28. The Kier molecular flexibility index (Phi) is 3.97. The molecule has 1 N–H and O–H groups in total. The maximum atomic E-state index is 13.0. The number of carbonyl (C=O) groups is 1. The summed E-state index contributed by atoms with van der Waals surface area (Å²) in [4.78, 5) is 11.1. The second-order valence-electron chi connectivity index (χ2n) is 4.37. The molecule has 21 heavy (non-hydrogen) atoms. The molecule has 0 bridgehead atoms. The molecule has 0 spiro atoms. The zero-order valence-corrected chi connectivity index (χ0v) is 11.1. The zero-order valence-electron chi connectivity index (χ0n) is 11.1. The number of hydrogen-bond acceptors (Lipinski definition) is 3. The van der Waals surface area contributed by atoms with Crippen molar-refractivity contribution < 1.29 is 23.1 Å². The molecule has 0 radical (unpaired) electrons. The Balaban J connectivity index is 2.65. The summed E-state index contributed by atoms with van der Waals surface area (Å²) in [5, 5.41) is 16.1. The Morgan fingerprint density at radius 3 is 2.57 bits per heavy atom. The van der Waals surface area contributed by atoms with Crippen LogP contribution in [0, 0.1) is 0 Å². The highest BCUT2D eigenvalue weighted by Crippen LogP contribution is 2.34. The normalized spacial score (nSPS) is 11.6. The van der Waals surface area contributed by atoms with Crippen LogP contribution in [-0.4, -0.2) is 26.1 Å². The van der Waals surface area contributed by atoms with Gasteiger partial charge in [-0.1, -0.05) is 30.7 Å². The van der Waals surface area contributed by atoms with E-state index in [0.29, 0.717) is 6.42 Å². The van der Waals surface area contributed by atoms with Gasteiger partial charge in [-0.05, 0) is 18.6 Å². The van der Waals surface area contributed by atoms with Gasteiger partial charge >= 0.3 is 12.1 Å². The van der Waals surface area contributed by atoms with Gasteiger partial charge in [0.05, 0.1) is 16.9 Å². The molecule has 0 aliphatic carbocycles. The van der Waals surface area contributed by atoms with E-state index >= 15 is 0 Å². The van der Waals surface area contributed by atoms with Crippen LogP contribution in [0.25, 0.3) is 5.69 Å². The topological polar surface area (TPSA) is 68.0 Å². The third-order valence-corrected chi connectivity index (χ3v) is 2.89. The van der Waals surface area contributed by atoms with E-state index in [2.05, 4.69) is 10.3 Å². The monoisotopic (exact) mass is 299 g/mol. The zero-order chi connectivity index (χ0) is 15.6. The number of rotatable bonds is 4. The Labute approximate surface area is 118 Å². The molecule has 8 heteroatoms. The van der Waals surface area contributed by atoms with Gasteiger partial charge in [0, 0.05) is 0 Å². The minimum atomic E-state index is -4.56. The van der Waals surface area contributed by atoms with Crippen molar-refractivity contribution in [1.29, 1.82) is 0 Å². The van der Waals surface area contributed by atoms with E-state index in [0.717, 1.165) is 10.7 Å². The third-order valence-electron chi connectivity index (χ3n) is 2.89. The van der Waals surface area contributed by atoms with Crippen molar-refractivity contribution in [2.45, 2.75) is 25.9 Å². The first kappa shape index (κ1) is 15.0. The van der Waals surface area contributed by atoms with E-state index in [4.69, 9.17) is 5.11 Å². The molecule has 5 nitrogen and oxygen atoms in total. The summed E-state index contributed by atoms with van der Waals surface area (Å²) in [7, 11) is 0. The van der Waals surface area contributed by atoms with Gasteiger partial charge in [-0.15, -0.1) is 5.10 Å². The largest absolute Gasteiger partial charge is 0.476 e. The third kappa shape index (κ3) is 2.88. The maximum Gasteiger partial charge on any atom is 0.418 e.